The summed E-state index contributed by atoms with van der Waals surface area (Å²) in [5.41, 5.74) is 0. The maximum absolute atomic E-state index is 12.8. The molecule has 108 valence electrons. The van der Waals surface area contributed by atoms with Gasteiger partial charge in [-0.25, -0.2) is 8.42 Å². The number of rotatable bonds is 5. The molecule has 1 saturated heterocycles. The zero-order valence-corrected chi connectivity index (χ0v) is 13.2. The number of nitrogens with one attached hydrogen (secondary N) is 1. The quantitative estimate of drug-likeness (QED) is 0.907. The number of aryl methyl sites for hydroxylation is 1. The van der Waals surface area contributed by atoms with E-state index in [0.29, 0.717) is 10.8 Å². The summed E-state index contributed by atoms with van der Waals surface area (Å²) in [7, 11) is -3.32. The van der Waals surface area contributed by atoms with Crippen molar-refractivity contribution in [1.82, 2.24) is 9.62 Å². The Morgan fingerprint density at radius 1 is 1.37 bits per heavy atom. The molecule has 0 spiro atoms. The first-order valence-corrected chi connectivity index (χ1v) is 9.10. The van der Waals surface area contributed by atoms with Crippen LogP contribution in [0, 0.1) is 6.92 Å². The molecule has 1 aliphatic heterocycles. The van der Waals surface area contributed by atoms with E-state index in [2.05, 4.69) is 5.32 Å². The fourth-order valence-electron chi connectivity index (χ4n) is 2.48. The number of thiophene rings is 1. The largest absolute Gasteiger partial charge is 0.317 e. The van der Waals surface area contributed by atoms with Crippen LogP contribution in [0.4, 0.5) is 0 Å². The molecule has 1 N–H and O–H groups in total. The van der Waals surface area contributed by atoms with Gasteiger partial charge in [-0.2, -0.15) is 4.31 Å². The Balaban J connectivity index is 2.26. The van der Waals surface area contributed by atoms with Crippen LogP contribution in [0.15, 0.2) is 16.3 Å². The third-order valence-corrected chi connectivity index (χ3v) is 6.86. The molecular formula is C13H22N2O2S2. The van der Waals surface area contributed by atoms with Gasteiger partial charge in [0.25, 0.3) is 10.0 Å². The van der Waals surface area contributed by atoms with E-state index >= 15 is 0 Å². The highest BCUT2D eigenvalue weighted by Gasteiger charge is 2.32. The van der Waals surface area contributed by atoms with E-state index in [1.807, 2.05) is 19.9 Å². The van der Waals surface area contributed by atoms with Crippen LogP contribution in [0.5, 0.6) is 0 Å². The van der Waals surface area contributed by atoms with Crippen molar-refractivity contribution in [3.63, 3.8) is 0 Å². The van der Waals surface area contributed by atoms with E-state index in [1.165, 1.54) is 11.3 Å². The predicted molar refractivity (Wildman–Crippen MR) is 79.1 cm³/mol. The highest BCUT2D eigenvalue weighted by atomic mass is 32.2. The maximum atomic E-state index is 12.8. The van der Waals surface area contributed by atoms with Gasteiger partial charge >= 0.3 is 0 Å². The molecule has 0 amide bonds. The molecule has 0 atom stereocenters. The molecule has 0 bridgehead atoms. The minimum Gasteiger partial charge on any atom is -0.317 e. The van der Waals surface area contributed by atoms with E-state index < -0.39 is 10.0 Å². The second kappa shape index (κ2) is 6.35. The molecule has 0 aromatic carbocycles. The van der Waals surface area contributed by atoms with E-state index in [-0.39, 0.29) is 6.04 Å². The summed E-state index contributed by atoms with van der Waals surface area (Å²) in [6.45, 7) is 6.40. The van der Waals surface area contributed by atoms with Crippen LogP contribution in [-0.4, -0.2) is 38.4 Å². The van der Waals surface area contributed by atoms with E-state index in [1.54, 1.807) is 10.4 Å². The van der Waals surface area contributed by atoms with Gasteiger partial charge in [0.15, 0.2) is 0 Å². The average Bonchev–Trinajstić information content (AvgIpc) is 2.84. The molecule has 6 heteroatoms. The van der Waals surface area contributed by atoms with Crippen molar-refractivity contribution in [1.29, 1.82) is 0 Å². The summed E-state index contributed by atoms with van der Waals surface area (Å²) in [6, 6.07) is 3.76. The summed E-state index contributed by atoms with van der Waals surface area (Å²) >= 11 is 1.37. The van der Waals surface area contributed by atoms with Crippen LogP contribution in [0.3, 0.4) is 0 Å². The predicted octanol–water partition coefficient (Wildman–Crippen LogP) is 2.21. The summed E-state index contributed by atoms with van der Waals surface area (Å²) in [5, 5.41) is 3.29. The standard InChI is InChI=1S/C13H22N2O2S2/c1-3-10-15(12-6-8-14-9-7-12)19(16,17)13-5-4-11(2)18-13/h4-5,12,14H,3,6-10H2,1-2H3. The summed E-state index contributed by atoms with van der Waals surface area (Å²) in [4.78, 5) is 1.04. The lowest BCUT2D eigenvalue weighted by Gasteiger charge is -2.33. The van der Waals surface area contributed by atoms with Crippen molar-refractivity contribution < 1.29 is 8.42 Å². The molecule has 0 aliphatic carbocycles. The monoisotopic (exact) mass is 302 g/mol. The molecular weight excluding hydrogens is 280 g/mol. The first kappa shape index (κ1) is 15.0. The van der Waals surface area contributed by atoms with E-state index in [4.69, 9.17) is 0 Å². The summed E-state index contributed by atoms with van der Waals surface area (Å²) < 4.78 is 27.7. The van der Waals surface area contributed by atoms with Gasteiger partial charge in [0.1, 0.15) is 4.21 Å². The molecule has 1 fully saturated rings. The van der Waals surface area contributed by atoms with Crippen molar-refractivity contribution >= 4 is 21.4 Å². The molecule has 1 aromatic rings. The van der Waals surface area contributed by atoms with Crippen LogP contribution in [0.1, 0.15) is 31.1 Å². The van der Waals surface area contributed by atoms with Crippen LogP contribution < -0.4 is 5.32 Å². The maximum Gasteiger partial charge on any atom is 0.252 e. The van der Waals surface area contributed by atoms with E-state index in [9.17, 15) is 8.42 Å². The minimum atomic E-state index is -3.32. The highest BCUT2D eigenvalue weighted by molar-refractivity contribution is 7.91. The summed E-state index contributed by atoms with van der Waals surface area (Å²) in [5.74, 6) is 0. The van der Waals surface area contributed by atoms with Gasteiger partial charge in [-0.05, 0) is 51.4 Å². The molecule has 2 heterocycles. The van der Waals surface area contributed by atoms with Gasteiger partial charge in [0.05, 0.1) is 0 Å². The molecule has 19 heavy (non-hydrogen) atoms. The number of nitrogens with zero attached hydrogens (tertiary/aromatic N) is 1. The highest BCUT2D eigenvalue weighted by Crippen LogP contribution is 2.27. The Labute approximate surface area is 119 Å². The second-order valence-electron chi connectivity index (χ2n) is 4.96. The SMILES string of the molecule is CCCN(C1CCNCC1)S(=O)(=O)c1ccc(C)s1. The Kier molecular flexibility index (Phi) is 5.00. The third kappa shape index (κ3) is 3.37. The average molecular weight is 302 g/mol. The molecule has 1 aromatic heterocycles. The number of sulfonamides is 1. The summed E-state index contributed by atoms with van der Waals surface area (Å²) in [6.07, 6.45) is 2.67. The van der Waals surface area contributed by atoms with Gasteiger partial charge < -0.3 is 5.32 Å². The van der Waals surface area contributed by atoms with Crippen molar-refractivity contribution in [2.24, 2.45) is 0 Å². The molecule has 1 aliphatic rings. The second-order valence-corrected chi connectivity index (χ2v) is 8.37. The smallest absolute Gasteiger partial charge is 0.252 e. The van der Waals surface area contributed by atoms with Crippen LogP contribution in [-0.2, 0) is 10.0 Å². The Bertz CT molecular complexity index is 504. The molecule has 0 radical (unpaired) electrons. The lowest BCUT2D eigenvalue weighted by molar-refractivity contribution is 0.263. The lowest BCUT2D eigenvalue weighted by atomic mass is 10.1. The zero-order chi connectivity index (χ0) is 13.9. The Hall–Kier alpha value is -0.430. The van der Waals surface area contributed by atoms with Gasteiger partial charge in [0.2, 0.25) is 0 Å². The number of hydrogen-bond acceptors (Lipinski definition) is 4. The molecule has 2 rings (SSSR count). The number of piperidine rings is 1. The van der Waals surface area contributed by atoms with Crippen LogP contribution in [0.2, 0.25) is 0 Å². The topological polar surface area (TPSA) is 49.4 Å². The lowest BCUT2D eigenvalue weighted by Crippen LogP contribution is -2.46. The molecule has 4 nitrogen and oxygen atoms in total. The fourth-order valence-corrected chi connectivity index (χ4v) is 5.67. The number of hydrogen-bond donors (Lipinski definition) is 1. The Morgan fingerprint density at radius 2 is 2.05 bits per heavy atom. The molecule has 0 unspecified atom stereocenters. The van der Waals surface area contributed by atoms with Crippen molar-refractivity contribution in [3.05, 3.63) is 17.0 Å². The normalized spacial score (nSPS) is 18.1. The van der Waals surface area contributed by atoms with E-state index in [0.717, 1.165) is 37.2 Å². The fraction of sp³-hybridized carbons (Fsp3) is 0.692. The van der Waals surface area contributed by atoms with Gasteiger partial charge in [0, 0.05) is 17.5 Å². The Morgan fingerprint density at radius 3 is 2.58 bits per heavy atom. The first-order chi connectivity index (χ1) is 9.05. The van der Waals surface area contributed by atoms with Crippen LogP contribution >= 0.6 is 11.3 Å². The zero-order valence-electron chi connectivity index (χ0n) is 11.6. The van der Waals surface area contributed by atoms with Gasteiger partial charge in [-0.1, -0.05) is 6.92 Å². The van der Waals surface area contributed by atoms with Gasteiger partial charge in [-0.15, -0.1) is 11.3 Å². The van der Waals surface area contributed by atoms with Crippen molar-refractivity contribution in [2.45, 2.75) is 43.4 Å². The van der Waals surface area contributed by atoms with Gasteiger partial charge in [-0.3, -0.25) is 0 Å². The van der Waals surface area contributed by atoms with Crippen molar-refractivity contribution in [3.8, 4) is 0 Å². The third-order valence-electron chi connectivity index (χ3n) is 3.44. The van der Waals surface area contributed by atoms with Crippen molar-refractivity contribution in [2.75, 3.05) is 19.6 Å². The molecule has 0 saturated carbocycles. The first-order valence-electron chi connectivity index (χ1n) is 6.84. The van der Waals surface area contributed by atoms with Crippen LogP contribution in [0.25, 0.3) is 0 Å². The minimum absolute atomic E-state index is 0.147.